The van der Waals surface area contributed by atoms with Crippen LogP contribution in [0.25, 0.3) is 21.8 Å². The minimum atomic E-state index is -1.57. The highest BCUT2D eigenvalue weighted by atomic mass is 16.4. The minimum Gasteiger partial charge on any atom is -0.508 e. The van der Waals surface area contributed by atoms with Gasteiger partial charge in [-0.3, -0.25) is 38.4 Å². The van der Waals surface area contributed by atoms with E-state index in [9.17, 15) is 53.7 Å². The van der Waals surface area contributed by atoms with E-state index < -0.39 is 102 Å². The number of hydrogen-bond acceptors (Lipinski definition) is 11. The second-order valence-corrected chi connectivity index (χ2v) is 20.1. The van der Waals surface area contributed by atoms with Gasteiger partial charge in [-0.25, -0.2) is 0 Å². The van der Waals surface area contributed by atoms with E-state index in [0.29, 0.717) is 36.0 Å². The molecule has 0 saturated carbocycles. The van der Waals surface area contributed by atoms with E-state index in [1.54, 1.807) is 24.5 Å². The van der Waals surface area contributed by atoms with Crippen molar-refractivity contribution in [3.63, 3.8) is 0 Å². The lowest BCUT2D eigenvalue weighted by Gasteiger charge is -2.34. The molecule has 0 spiro atoms. The van der Waals surface area contributed by atoms with Crippen LogP contribution in [-0.4, -0.2) is 150 Å². The summed E-state index contributed by atoms with van der Waals surface area (Å²) in [5, 5.41) is 45.4. The number of aliphatic hydroxyl groups excluding tert-OH is 1. The van der Waals surface area contributed by atoms with Crippen LogP contribution in [0.2, 0.25) is 0 Å². The topological polar surface area (TPSA) is 321 Å². The fraction of sp³-hybridized carbons (Fsp3) is 0.444. The van der Waals surface area contributed by atoms with Crippen molar-refractivity contribution in [2.45, 2.75) is 134 Å². The molecular weight excluding hydrogens is 965 g/mol. The Kier molecular flexibility index (Phi) is 18.0. The smallest absolute Gasteiger partial charge is 0.325 e. The number of aromatic nitrogens is 2. The zero-order chi connectivity index (χ0) is 54.1. The van der Waals surface area contributed by atoms with Gasteiger partial charge in [0.1, 0.15) is 48.0 Å². The van der Waals surface area contributed by atoms with Crippen LogP contribution in [0.15, 0.2) is 85.2 Å². The summed E-state index contributed by atoms with van der Waals surface area (Å²) >= 11 is 0. The fourth-order valence-electron chi connectivity index (χ4n) is 9.94. The van der Waals surface area contributed by atoms with Crippen LogP contribution in [0, 0.1) is 5.92 Å². The number of fused-ring (bicyclic) bond motifs is 2. The van der Waals surface area contributed by atoms with E-state index in [0.717, 1.165) is 21.8 Å². The van der Waals surface area contributed by atoms with Crippen LogP contribution in [0.3, 0.4) is 0 Å². The zero-order valence-electron chi connectivity index (χ0n) is 42.5. The molecule has 0 unspecified atom stereocenters. The Bertz CT molecular complexity index is 2880. The second kappa shape index (κ2) is 24.5. The van der Waals surface area contributed by atoms with Crippen LogP contribution in [-0.2, 0) is 57.6 Å². The lowest BCUT2D eigenvalue weighted by molar-refractivity contribution is -0.150. The Hall–Kier alpha value is -7.78. The third-order valence-electron chi connectivity index (χ3n) is 14.0. The lowest BCUT2D eigenvalue weighted by Crippen LogP contribution is -2.62. The molecule has 5 aromatic rings. The molecule has 400 valence electrons. The van der Waals surface area contributed by atoms with Crippen molar-refractivity contribution in [3.8, 4) is 5.75 Å². The molecule has 0 bridgehead atoms. The number of nitrogens with one attached hydrogen (secondary N) is 7. The maximum atomic E-state index is 14.8. The standard InChI is InChI=1S/C54H68N10O11/c1-29(2)23-41(50(70)62-46(31(4)65)53(73)64-22-10-16-45(64)52(72)63-21-9-15-44(63)51(71)58-30(3)54(74)75)60-49(69)43(26-34-28-57-40-14-8-6-12-37(34)40)61-48(68)42(25-33-27-56-39-13-7-5-11-36(33)39)59-47(67)38(55)24-32-17-19-35(66)20-18-32/h5-8,11-14,17-20,27-31,38,41-46,56-57,65-66H,9-10,15-16,21-26,55H2,1-4H3,(H,58,71)(H,59,67)(H,60,69)(H,61,68)(H,62,70)(H,74,75)/t30-,31+,38-,41-,42-,43-,44-,45-,46-/m0/s1. The van der Waals surface area contributed by atoms with Gasteiger partial charge in [0.25, 0.3) is 0 Å². The number of phenols is 1. The Morgan fingerprint density at radius 2 is 1.15 bits per heavy atom. The number of phenolic OH excluding ortho intramolecular Hbond substituents is 1. The van der Waals surface area contributed by atoms with Crippen molar-refractivity contribution in [1.29, 1.82) is 0 Å². The number of hydrogen-bond donors (Lipinski definition) is 11. The Morgan fingerprint density at radius 1 is 0.640 bits per heavy atom. The number of H-pyrrole nitrogens is 2. The summed E-state index contributed by atoms with van der Waals surface area (Å²) in [6, 6.07) is 11.3. The number of carboxylic acid groups (broad SMARTS) is 1. The molecule has 21 heteroatoms. The molecule has 0 aliphatic carbocycles. The van der Waals surface area contributed by atoms with Gasteiger partial charge in [-0.15, -0.1) is 0 Å². The Labute approximate surface area is 433 Å². The number of likely N-dealkylation sites (tertiary alicyclic amines) is 2. The number of aliphatic carboxylic acids is 1. The summed E-state index contributed by atoms with van der Waals surface area (Å²) < 4.78 is 0. The number of carbonyl (C=O) groups excluding carboxylic acids is 7. The number of para-hydroxylation sites is 2. The summed E-state index contributed by atoms with van der Waals surface area (Å²) in [4.78, 5) is 120. The van der Waals surface area contributed by atoms with Gasteiger partial charge in [-0.05, 0) is 99.2 Å². The predicted molar refractivity (Wildman–Crippen MR) is 277 cm³/mol. The van der Waals surface area contributed by atoms with Crippen LogP contribution in [0.4, 0.5) is 0 Å². The predicted octanol–water partition coefficient (Wildman–Crippen LogP) is 1.65. The van der Waals surface area contributed by atoms with Gasteiger partial charge >= 0.3 is 5.97 Å². The molecule has 2 aliphatic rings. The average molecular weight is 1030 g/mol. The first-order valence-electron chi connectivity index (χ1n) is 25.5. The maximum absolute atomic E-state index is 14.8. The van der Waals surface area contributed by atoms with E-state index in [4.69, 9.17) is 5.73 Å². The lowest BCUT2D eigenvalue weighted by atomic mass is 9.99. The van der Waals surface area contributed by atoms with Crippen molar-refractivity contribution >= 4 is 69.1 Å². The Morgan fingerprint density at radius 3 is 1.69 bits per heavy atom. The van der Waals surface area contributed by atoms with Gasteiger partial charge in [0.15, 0.2) is 0 Å². The number of benzene rings is 3. The number of nitrogens with two attached hydrogens (primary N) is 1. The molecule has 4 heterocycles. The number of amides is 7. The second-order valence-electron chi connectivity index (χ2n) is 20.1. The van der Waals surface area contributed by atoms with Crippen molar-refractivity contribution < 1.29 is 53.7 Å². The first-order valence-corrected chi connectivity index (χ1v) is 25.5. The highest BCUT2D eigenvalue weighted by Gasteiger charge is 2.45. The molecule has 2 aromatic heterocycles. The van der Waals surface area contributed by atoms with Crippen LogP contribution < -0.4 is 32.3 Å². The fourth-order valence-corrected chi connectivity index (χ4v) is 9.94. The molecule has 0 radical (unpaired) electrons. The van der Waals surface area contributed by atoms with Gasteiger partial charge in [-0.2, -0.15) is 0 Å². The largest absolute Gasteiger partial charge is 0.508 e. The van der Waals surface area contributed by atoms with Crippen LogP contribution in [0.1, 0.15) is 76.5 Å². The van der Waals surface area contributed by atoms with Gasteiger partial charge in [0.2, 0.25) is 41.4 Å². The molecule has 2 aliphatic heterocycles. The normalized spacial score (nSPS) is 18.4. The quantitative estimate of drug-likeness (QED) is 0.0472. The number of rotatable bonds is 22. The number of carbonyl (C=O) groups is 8. The zero-order valence-corrected chi connectivity index (χ0v) is 42.5. The van der Waals surface area contributed by atoms with Crippen molar-refractivity contribution in [1.82, 2.24) is 46.4 Å². The first kappa shape index (κ1) is 55.0. The SMILES string of the molecule is CC(C)C[C@H](NC(=O)[C@H](Cc1c[nH]c2ccccc12)NC(=O)[C@H](Cc1c[nH]c2ccccc12)NC(=O)[C@@H](N)Cc1ccc(O)cc1)C(=O)N[C@H](C(=O)N1CCC[C@H]1C(=O)N1CCC[C@H]1C(=O)N[C@@H](C)C(=O)O)[C@@H](C)O. The van der Waals surface area contributed by atoms with Crippen molar-refractivity contribution in [3.05, 3.63) is 102 Å². The van der Waals surface area contributed by atoms with Crippen LogP contribution in [0.5, 0.6) is 5.75 Å². The molecule has 2 fully saturated rings. The number of aromatic hydroxyl groups is 1. The molecule has 7 rings (SSSR count). The molecule has 2 saturated heterocycles. The molecule has 3 aromatic carbocycles. The molecular formula is C54H68N10O11. The third kappa shape index (κ3) is 13.5. The van der Waals surface area contributed by atoms with E-state index in [-0.39, 0.29) is 56.9 Å². The maximum Gasteiger partial charge on any atom is 0.325 e. The summed E-state index contributed by atoms with van der Waals surface area (Å²) in [6.45, 7) is 6.61. The summed E-state index contributed by atoms with van der Waals surface area (Å²) in [7, 11) is 0. The number of nitrogens with zero attached hydrogens (tertiary/aromatic N) is 2. The first-order chi connectivity index (χ1) is 35.8. The Balaban J connectivity index is 1.11. The monoisotopic (exact) mass is 1030 g/mol. The number of aliphatic hydroxyl groups is 1. The van der Waals surface area contributed by atoms with Crippen molar-refractivity contribution in [2.75, 3.05) is 13.1 Å². The number of aromatic amines is 2. The van der Waals surface area contributed by atoms with Gasteiger partial charge in [0.05, 0.1) is 12.1 Å². The molecule has 21 nitrogen and oxygen atoms in total. The average Bonchev–Trinajstić information content (AvgIpc) is 4.22. The van der Waals surface area contributed by atoms with E-state index in [1.165, 1.54) is 35.8 Å². The van der Waals surface area contributed by atoms with Crippen LogP contribution >= 0.6 is 0 Å². The van der Waals surface area contributed by atoms with Crippen molar-refractivity contribution in [2.24, 2.45) is 11.7 Å². The molecule has 7 amide bonds. The highest BCUT2D eigenvalue weighted by Crippen LogP contribution is 2.27. The van der Waals surface area contributed by atoms with E-state index in [1.807, 2.05) is 62.4 Å². The van der Waals surface area contributed by atoms with E-state index in [2.05, 4.69) is 36.6 Å². The van der Waals surface area contributed by atoms with Gasteiger partial charge in [-0.1, -0.05) is 62.4 Å². The van der Waals surface area contributed by atoms with Gasteiger partial charge in [0, 0.05) is 60.1 Å². The van der Waals surface area contributed by atoms with Gasteiger partial charge < -0.3 is 67.4 Å². The third-order valence-corrected chi connectivity index (χ3v) is 14.0. The minimum absolute atomic E-state index is 0.00836. The number of carboxylic acids is 1. The summed E-state index contributed by atoms with van der Waals surface area (Å²) in [5.74, 6) is -6.21. The molecule has 75 heavy (non-hydrogen) atoms. The molecule has 12 N–H and O–H groups in total. The highest BCUT2D eigenvalue weighted by molar-refractivity contribution is 5.99. The summed E-state index contributed by atoms with van der Waals surface area (Å²) in [5.41, 5.74) is 10.0. The van der Waals surface area contributed by atoms with E-state index >= 15 is 0 Å². The summed E-state index contributed by atoms with van der Waals surface area (Å²) in [6.07, 6.45) is 3.50. The molecule has 9 atom stereocenters.